The quantitative estimate of drug-likeness (QED) is 0.347. The monoisotopic (exact) mass is 251 g/mol. The molecule has 0 atom stereocenters. The highest BCUT2D eigenvalue weighted by Gasteiger charge is 2.22. The maximum Gasteiger partial charge on any atom is 0.345 e. The van der Waals surface area contributed by atoms with Crippen molar-refractivity contribution in [2.24, 2.45) is 0 Å². The first kappa shape index (κ1) is 13.8. The average Bonchev–Trinajstić information content (AvgIpc) is 2.37. The van der Waals surface area contributed by atoms with Crippen molar-refractivity contribution < 1.29 is 19.2 Å². The zero-order chi connectivity index (χ0) is 13.7. The third kappa shape index (κ3) is 2.91. The smallest absolute Gasteiger partial charge is 0.345 e. The maximum atomic E-state index is 11.5. The summed E-state index contributed by atoms with van der Waals surface area (Å²) < 4.78 is 4.72. The van der Waals surface area contributed by atoms with Crippen LogP contribution in [0.3, 0.4) is 0 Å². The number of rotatable bonds is 5. The van der Waals surface area contributed by atoms with Gasteiger partial charge in [-0.3, -0.25) is 14.9 Å². The summed E-state index contributed by atoms with van der Waals surface area (Å²) in [6.45, 7) is 3.40. The molecule has 0 spiro atoms. The van der Waals surface area contributed by atoms with Crippen LogP contribution in [0, 0.1) is 10.1 Å². The van der Waals surface area contributed by atoms with Crippen LogP contribution in [0.5, 0.6) is 0 Å². The minimum Gasteiger partial charge on any atom is -0.462 e. The van der Waals surface area contributed by atoms with Gasteiger partial charge in [0.05, 0.1) is 11.5 Å². The zero-order valence-corrected chi connectivity index (χ0v) is 10.1. The highest BCUT2D eigenvalue weighted by Crippen LogP contribution is 2.22. The predicted octanol–water partition coefficient (Wildman–Crippen LogP) is 2.36. The van der Waals surface area contributed by atoms with Gasteiger partial charge in [-0.05, 0) is 13.0 Å². The molecule has 18 heavy (non-hydrogen) atoms. The van der Waals surface area contributed by atoms with E-state index in [-0.39, 0.29) is 29.9 Å². The van der Waals surface area contributed by atoms with Crippen molar-refractivity contribution in [3.05, 3.63) is 39.4 Å². The van der Waals surface area contributed by atoms with Crippen LogP contribution in [0.15, 0.2) is 18.2 Å². The molecule has 0 bridgehead atoms. The van der Waals surface area contributed by atoms with E-state index in [1.807, 2.05) is 0 Å². The van der Waals surface area contributed by atoms with Gasteiger partial charge in [0, 0.05) is 18.1 Å². The predicted molar refractivity (Wildman–Crippen MR) is 63.7 cm³/mol. The van der Waals surface area contributed by atoms with Gasteiger partial charge in [-0.2, -0.15) is 0 Å². The summed E-state index contributed by atoms with van der Waals surface area (Å²) >= 11 is 0. The third-order valence-corrected chi connectivity index (χ3v) is 2.33. The fourth-order valence-corrected chi connectivity index (χ4v) is 1.44. The molecular formula is C12H13NO5. The van der Waals surface area contributed by atoms with Gasteiger partial charge in [0.15, 0.2) is 5.78 Å². The molecule has 0 aromatic heterocycles. The summed E-state index contributed by atoms with van der Waals surface area (Å²) in [7, 11) is 0. The lowest BCUT2D eigenvalue weighted by Crippen LogP contribution is -2.09. The number of benzene rings is 1. The van der Waals surface area contributed by atoms with Gasteiger partial charge in [0.25, 0.3) is 5.69 Å². The van der Waals surface area contributed by atoms with Crippen LogP contribution >= 0.6 is 0 Å². The van der Waals surface area contributed by atoms with Crippen LogP contribution in [0.25, 0.3) is 0 Å². The van der Waals surface area contributed by atoms with Crippen molar-refractivity contribution in [3.8, 4) is 0 Å². The minimum atomic E-state index is -0.764. The van der Waals surface area contributed by atoms with Gasteiger partial charge in [-0.1, -0.05) is 13.0 Å². The molecule has 0 saturated carbocycles. The molecular weight excluding hydrogens is 238 g/mol. The van der Waals surface area contributed by atoms with Crippen LogP contribution in [-0.2, 0) is 4.74 Å². The Hall–Kier alpha value is -2.24. The van der Waals surface area contributed by atoms with Crippen molar-refractivity contribution in [2.45, 2.75) is 20.3 Å². The largest absolute Gasteiger partial charge is 0.462 e. The van der Waals surface area contributed by atoms with E-state index in [1.165, 1.54) is 12.1 Å². The molecule has 0 aliphatic rings. The van der Waals surface area contributed by atoms with Crippen molar-refractivity contribution in [2.75, 3.05) is 6.61 Å². The Bertz CT molecular complexity index is 495. The van der Waals surface area contributed by atoms with Crippen molar-refractivity contribution in [1.29, 1.82) is 0 Å². The molecule has 6 nitrogen and oxygen atoms in total. The topological polar surface area (TPSA) is 86.5 Å². The number of carbonyl (C=O) groups is 2. The lowest BCUT2D eigenvalue weighted by Gasteiger charge is -2.04. The van der Waals surface area contributed by atoms with Crippen LogP contribution in [0.2, 0.25) is 0 Å². The first-order valence-corrected chi connectivity index (χ1v) is 5.50. The minimum absolute atomic E-state index is 0.131. The highest BCUT2D eigenvalue weighted by atomic mass is 16.6. The van der Waals surface area contributed by atoms with Crippen LogP contribution in [0.4, 0.5) is 5.69 Å². The van der Waals surface area contributed by atoms with Gasteiger partial charge >= 0.3 is 5.97 Å². The van der Waals surface area contributed by atoms with E-state index in [1.54, 1.807) is 13.8 Å². The summed E-state index contributed by atoms with van der Waals surface area (Å²) in [5, 5.41) is 10.9. The Kier molecular flexibility index (Phi) is 4.53. The van der Waals surface area contributed by atoms with Crippen LogP contribution in [-0.4, -0.2) is 23.3 Å². The summed E-state index contributed by atoms with van der Waals surface area (Å²) in [6, 6.07) is 3.75. The molecule has 1 aromatic rings. The summed E-state index contributed by atoms with van der Waals surface area (Å²) in [5.41, 5.74) is -0.334. The first-order valence-electron chi connectivity index (χ1n) is 5.50. The number of hydrogen-bond donors (Lipinski definition) is 0. The van der Waals surface area contributed by atoms with Gasteiger partial charge in [-0.25, -0.2) is 4.79 Å². The molecule has 6 heteroatoms. The molecule has 1 aromatic carbocycles. The third-order valence-electron chi connectivity index (χ3n) is 2.33. The number of nitro groups is 1. The van der Waals surface area contributed by atoms with Crippen LogP contribution in [0.1, 0.15) is 41.0 Å². The number of ether oxygens (including phenoxy) is 1. The number of Topliss-reactive ketones (excluding diaryl/α,β-unsaturated/α-hetero) is 1. The highest BCUT2D eigenvalue weighted by molar-refractivity contribution is 6.00. The SMILES string of the molecule is CCOC(=O)c1ccc(C(=O)CC)cc1[N+](=O)[O-]. The number of ketones is 1. The Morgan fingerprint density at radius 1 is 1.33 bits per heavy atom. The molecule has 0 radical (unpaired) electrons. The molecule has 0 aliphatic carbocycles. The van der Waals surface area contributed by atoms with Crippen molar-refractivity contribution >= 4 is 17.4 Å². The van der Waals surface area contributed by atoms with E-state index in [9.17, 15) is 19.7 Å². The Morgan fingerprint density at radius 2 is 2.00 bits per heavy atom. The normalized spacial score (nSPS) is 9.89. The number of esters is 1. The summed E-state index contributed by atoms with van der Waals surface area (Å²) in [5.74, 6) is -0.979. The standard InChI is InChI=1S/C12H13NO5/c1-3-11(14)8-5-6-9(12(15)18-4-2)10(7-8)13(16)17/h5-7H,3-4H2,1-2H3. The number of carbonyl (C=O) groups excluding carboxylic acids is 2. The van der Waals surface area contributed by atoms with E-state index in [2.05, 4.69) is 0 Å². The lowest BCUT2D eigenvalue weighted by molar-refractivity contribution is -0.385. The van der Waals surface area contributed by atoms with E-state index >= 15 is 0 Å². The fraction of sp³-hybridized carbons (Fsp3) is 0.333. The Balaban J connectivity index is 3.25. The van der Waals surface area contributed by atoms with Crippen molar-refractivity contribution in [3.63, 3.8) is 0 Å². The summed E-state index contributed by atoms with van der Waals surface area (Å²) in [6.07, 6.45) is 0.246. The van der Waals surface area contributed by atoms with E-state index in [0.29, 0.717) is 0 Å². The first-order chi connectivity index (χ1) is 8.51. The second-order valence-corrected chi connectivity index (χ2v) is 3.49. The molecule has 1 rings (SSSR count). The molecule has 0 aliphatic heterocycles. The van der Waals surface area contributed by atoms with Gasteiger partial charge in [0.2, 0.25) is 0 Å². The number of nitrogens with zero attached hydrogens (tertiary/aromatic N) is 1. The van der Waals surface area contributed by atoms with E-state index in [0.717, 1.165) is 6.07 Å². The molecule has 0 heterocycles. The van der Waals surface area contributed by atoms with Crippen molar-refractivity contribution in [1.82, 2.24) is 0 Å². The molecule has 0 amide bonds. The molecule has 0 fully saturated rings. The Morgan fingerprint density at radius 3 is 2.50 bits per heavy atom. The molecule has 0 N–H and O–H groups in total. The van der Waals surface area contributed by atoms with Gasteiger partial charge < -0.3 is 4.74 Å². The molecule has 0 unspecified atom stereocenters. The number of nitro benzene ring substituents is 1. The molecule has 96 valence electrons. The zero-order valence-electron chi connectivity index (χ0n) is 10.1. The maximum absolute atomic E-state index is 11.5. The Labute approximate surface area is 104 Å². The summed E-state index contributed by atoms with van der Waals surface area (Å²) in [4.78, 5) is 33.1. The average molecular weight is 251 g/mol. The fourth-order valence-electron chi connectivity index (χ4n) is 1.44. The second kappa shape index (κ2) is 5.90. The lowest BCUT2D eigenvalue weighted by atomic mass is 10.0. The number of hydrogen-bond acceptors (Lipinski definition) is 5. The second-order valence-electron chi connectivity index (χ2n) is 3.49. The van der Waals surface area contributed by atoms with E-state index < -0.39 is 16.6 Å². The van der Waals surface area contributed by atoms with Gasteiger partial charge in [-0.15, -0.1) is 0 Å². The van der Waals surface area contributed by atoms with Crippen LogP contribution < -0.4 is 0 Å². The molecule has 0 saturated heterocycles. The van der Waals surface area contributed by atoms with Gasteiger partial charge in [0.1, 0.15) is 5.56 Å². The van der Waals surface area contributed by atoms with E-state index in [4.69, 9.17) is 4.74 Å².